The number of rotatable bonds is 7. The number of carbonyl (C=O) groups excluding carboxylic acids is 2. The number of nitrogens with one attached hydrogen (secondary N) is 2. The molecule has 3 rings (SSSR count). The second-order valence-corrected chi connectivity index (χ2v) is 6.41. The molecule has 1 aromatic heterocycles. The van der Waals surface area contributed by atoms with Crippen LogP contribution in [0, 0.1) is 0 Å². The Labute approximate surface area is 160 Å². The minimum Gasteiger partial charge on any atom is -0.484 e. The number of hydrogen-bond acceptors (Lipinski definition) is 5. The van der Waals surface area contributed by atoms with Gasteiger partial charge < -0.3 is 19.8 Å². The van der Waals surface area contributed by atoms with Crippen LogP contribution in [-0.2, 0) is 4.79 Å². The van der Waals surface area contributed by atoms with Crippen molar-refractivity contribution in [3.05, 3.63) is 72.7 Å². The molecule has 2 amide bonds. The smallest absolute Gasteiger partial charge is 0.291 e. The SMILES string of the molecule is CSc1cccc(NC(=O)COc2cccc(NC(=O)c3ccco3)c2)c1. The van der Waals surface area contributed by atoms with Crippen molar-refractivity contribution in [2.45, 2.75) is 4.90 Å². The standard InChI is InChI=1S/C20H18N2O4S/c1-27-17-8-3-6-15(12-17)21-19(23)13-26-16-7-2-5-14(11-16)22-20(24)18-9-4-10-25-18/h2-12H,13H2,1H3,(H,21,23)(H,22,24). The molecule has 0 aliphatic carbocycles. The van der Waals surface area contributed by atoms with Gasteiger partial charge in [-0.3, -0.25) is 9.59 Å². The van der Waals surface area contributed by atoms with Crippen LogP contribution in [0.25, 0.3) is 0 Å². The molecule has 0 atom stereocenters. The zero-order valence-electron chi connectivity index (χ0n) is 14.6. The van der Waals surface area contributed by atoms with E-state index in [1.54, 1.807) is 48.2 Å². The highest BCUT2D eigenvalue weighted by Gasteiger charge is 2.10. The van der Waals surface area contributed by atoms with Crippen LogP contribution in [0.5, 0.6) is 5.75 Å². The van der Waals surface area contributed by atoms with E-state index in [-0.39, 0.29) is 24.2 Å². The summed E-state index contributed by atoms with van der Waals surface area (Å²) in [5.74, 6) is 0.0651. The van der Waals surface area contributed by atoms with E-state index in [9.17, 15) is 9.59 Å². The monoisotopic (exact) mass is 382 g/mol. The quantitative estimate of drug-likeness (QED) is 0.597. The van der Waals surface area contributed by atoms with Crippen LogP contribution in [0.1, 0.15) is 10.6 Å². The lowest BCUT2D eigenvalue weighted by molar-refractivity contribution is -0.118. The Morgan fingerprint density at radius 1 is 1.00 bits per heavy atom. The van der Waals surface area contributed by atoms with Crippen LogP contribution >= 0.6 is 11.8 Å². The van der Waals surface area contributed by atoms with Crippen LogP contribution in [-0.4, -0.2) is 24.7 Å². The molecule has 6 nitrogen and oxygen atoms in total. The highest BCUT2D eigenvalue weighted by molar-refractivity contribution is 7.98. The Balaban J connectivity index is 1.54. The fourth-order valence-electron chi connectivity index (χ4n) is 2.31. The first-order valence-electron chi connectivity index (χ1n) is 8.15. The molecule has 0 fully saturated rings. The lowest BCUT2D eigenvalue weighted by Gasteiger charge is -2.10. The second-order valence-electron chi connectivity index (χ2n) is 5.53. The molecule has 0 bridgehead atoms. The summed E-state index contributed by atoms with van der Waals surface area (Å²) in [6.07, 6.45) is 3.41. The molecular formula is C20H18N2O4S. The number of benzene rings is 2. The van der Waals surface area contributed by atoms with E-state index < -0.39 is 0 Å². The summed E-state index contributed by atoms with van der Waals surface area (Å²) >= 11 is 1.60. The van der Waals surface area contributed by atoms with Gasteiger partial charge in [-0.25, -0.2) is 0 Å². The van der Waals surface area contributed by atoms with Gasteiger partial charge in [-0.15, -0.1) is 11.8 Å². The fraction of sp³-hybridized carbons (Fsp3) is 0.100. The molecule has 1 heterocycles. The summed E-state index contributed by atoms with van der Waals surface area (Å²) < 4.78 is 10.6. The van der Waals surface area contributed by atoms with Crippen molar-refractivity contribution in [2.24, 2.45) is 0 Å². The van der Waals surface area contributed by atoms with Gasteiger partial charge >= 0.3 is 0 Å². The van der Waals surface area contributed by atoms with Gasteiger partial charge in [-0.05, 0) is 48.7 Å². The lowest BCUT2D eigenvalue weighted by atomic mass is 10.3. The van der Waals surface area contributed by atoms with Crippen LogP contribution in [0.15, 0.2) is 76.2 Å². The number of carbonyl (C=O) groups is 2. The molecule has 7 heteroatoms. The largest absolute Gasteiger partial charge is 0.484 e. The van der Waals surface area contributed by atoms with Crippen LogP contribution < -0.4 is 15.4 Å². The maximum atomic E-state index is 12.1. The Bertz CT molecular complexity index is 925. The van der Waals surface area contributed by atoms with E-state index in [4.69, 9.17) is 9.15 Å². The molecule has 27 heavy (non-hydrogen) atoms. The molecule has 2 N–H and O–H groups in total. The third kappa shape index (κ3) is 5.39. The van der Waals surface area contributed by atoms with Crippen LogP contribution in [0.3, 0.4) is 0 Å². The van der Waals surface area contributed by atoms with E-state index in [2.05, 4.69) is 10.6 Å². The Kier molecular flexibility index (Phi) is 6.17. The van der Waals surface area contributed by atoms with Gasteiger partial charge in [0.15, 0.2) is 12.4 Å². The summed E-state index contributed by atoms with van der Waals surface area (Å²) in [6, 6.07) is 17.6. The zero-order chi connectivity index (χ0) is 19.1. The maximum absolute atomic E-state index is 12.1. The van der Waals surface area contributed by atoms with Gasteiger partial charge in [0.2, 0.25) is 0 Å². The molecule has 0 radical (unpaired) electrons. The Morgan fingerprint density at radius 3 is 2.52 bits per heavy atom. The molecule has 0 aliphatic rings. The molecule has 138 valence electrons. The number of hydrogen-bond donors (Lipinski definition) is 2. The summed E-state index contributed by atoms with van der Waals surface area (Å²) in [7, 11) is 0. The van der Waals surface area contributed by atoms with Gasteiger partial charge in [0, 0.05) is 22.3 Å². The van der Waals surface area contributed by atoms with E-state index in [1.165, 1.54) is 6.26 Å². The summed E-state index contributed by atoms with van der Waals surface area (Å²) in [6.45, 7) is -0.140. The highest BCUT2D eigenvalue weighted by Crippen LogP contribution is 2.20. The first kappa shape index (κ1) is 18.6. The van der Waals surface area contributed by atoms with Crippen molar-refractivity contribution in [1.82, 2.24) is 0 Å². The predicted molar refractivity (Wildman–Crippen MR) is 105 cm³/mol. The molecule has 3 aromatic rings. The number of amides is 2. The van der Waals surface area contributed by atoms with E-state index in [1.807, 2.05) is 30.5 Å². The third-order valence-corrected chi connectivity index (χ3v) is 4.29. The second kappa shape index (κ2) is 8.95. The average Bonchev–Trinajstić information content (AvgIpc) is 3.22. The summed E-state index contributed by atoms with van der Waals surface area (Å²) in [5.41, 5.74) is 1.26. The predicted octanol–water partition coefficient (Wildman–Crippen LogP) is 4.27. The Morgan fingerprint density at radius 2 is 1.78 bits per heavy atom. The van der Waals surface area contributed by atoms with Crippen molar-refractivity contribution in [3.8, 4) is 5.75 Å². The van der Waals surface area contributed by atoms with Gasteiger partial charge in [-0.1, -0.05) is 12.1 Å². The minimum atomic E-state index is -0.358. The first-order valence-corrected chi connectivity index (χ1v) is 9.38. The molecule has 0 saturated carbocycles. The third-order valence-electron chi connectivity index (χ3n) is 3.56. The zero-order valence-corrected chi connectivity index (χ0v) is 15.4. The average molecular weight is 382 g/mol. The Hall–Kier alpha value is -3.19. The van der Waals surface area contributed by atoms with Gasteiger partial charge in [0.05, 0.1) is 6.26 Å². The van der Waals surface area contributed by atoms with Crippen molar-refractivity contribution in [1.29, 1.82) is 0 Å². The molecule has 0 aliphatic heterocycles. The normalized spacial score (nSPS) is 10.3. The first-order chi connectivity index (χ1) is 13.1. The van der Waals surface area contributed by atoms with E-state index in [0.717, 1.165) is 10.6 Å². The molecule has 2 aromatic carbocycles. The molecule has 0 unspecified atom stereocenters. The van der Waals surface area contributed by atoms with Crippen molar-refractivity contribution in [3.63, 3.8) is 0 Å². The van der Waals surface area contributed by atoms with Gasteiger partial charge in [0.25, 0.3) is 11.8 Å². The van der Waals surface area contributed by atoms with Crippen LogP contribution in [0.4, 0.5) is 11.4 Å². The number of ether oxygens (including phenoxy) is 1. The topological polar surface area (TPSA) is 80.6 Å². The van der Waals surface area contributed by atoms with Gasteiger partial charge in [0.1, 0.15) is 5.75 Å². The lowest BCUT2D eigenvalue weighted by Crippen LogP contribution is -2.20. The molecule has 0 saturated heterocycles. The fourth-order valence-corrected chi connectivity index (χ4v) is 2.77. The van der Waals surface area contributed by atoms with Crippen molar-refractivity contribution < 1.29 is 18.7 Å². The molecule has 0 spiro atoms. The van der Waals surface area contributed by atoms with E-state index >= 15 is 0 Å². The molecular weight excluding hydrogens is 364 g/mol. The number of thioether (sulfide) groups is 1. The van der Waals surface area contributed by atoms with Crippen molar-refractivity contribution in [2.75, 3.05) is 23.5 Å². The minimum absolute atomic E-state index is 0.140. The van der Waals surface area contributed by atoms with E-state index in [0.29, 0.717) is 11.4 Å². The van der Waals surface area contributed by atoms with Crippen LogP contribution in [0.2, 0.25) is 0 Å². The maximum Gasteiger partial charge on any atom is 0.291 e. The summed E-state index contributed by atoms with van der Waals surface area (Å²) in [5, 5.41) is 5.50. The van der Waals surface area contributed by atoms with Gasteiger partial charge in [-0.2, -0.15) is 0 Å². The highest BCUT2D eigenvalue weighted by atomic mass is 32.2. The number of anilines is 2. The summed E-state index contributed by atoms with van der Waals surface area (Å²) in [4.78, 5) is 25.1. The van der Waals surface area contributed by atoms with Crippen molar-refractivity contribution >= 4 is 35.0 Å². The number of furan rings is 1.